The van der Waals surface area contributed by atoms with Gasteiger partial charge in [-0.1, -0.05) is 17.3 Å². The number of alkyl halides is 3. The molecule has 0 aliphatic rings. The third-order valence-corrected chi connectivity index (χ3v) is 3.43. The van der Waals surface area contributed by atoms with Crippen LogP contribution in [0, 0.1) is 0 Å². The molecule has 3 aromatic rings. The maximum absolute atomic E-state index is 12.8. The minimum atomic E-state index is -4.55. The highest BCUT2D eigenvalue weighted by Crippen LogP contribution is 2.29. The van der Waals surface area contributed by atoms with E-state index >= 15 is 0 Å². The first-order valence-electron chi connectivity index (χ1n) is 7.12. The first-order chi connectivity index (χ1) is 11.9. The van der Waals surface area contributed by atoms with Gasteiger partial charge in [0.05, 0.1) is 18.2 Å². The van der Waals surface area contributed by atoms with Gasteiger partial charge in [0.1, 0.15) is 12.3 Å². The van der Waals surface area contributed by atoms with Crippen molar-refractivity contribution in [3.63, 3.8) is 0 Å². The van der Waals surface area contributed by atoms with Crippen molar-refractivity contribution in [2.45, 2.75) is 12.7 Å². The number of ether oxygens (including phenoxy) is 1. The fourth-order valence-electron chi connectivity index (χ4n) is 2.23. The highest BCUT2D eigenvalue weighted by molar-refractivity contribution is 5.63. The maximum atomic E-state index is 12.8. The van der Waals surface area contributed by atoms with Crippen molar-refractivity contribution in [3.05, 3.63) is 64.4 Å². The van der Waals surface area contributed by atoms with E-state index in [1.165, 1.54) is 7.11 Å². The zero-order valence-electron chi connectivity index (χ0n) is 12.9. The van der Waals surface area contributed by atoms with Crippen molar-refractivity contribution in [1.29, 1.82) is 0 Å². The lowest BCUT2D eigenvalue weighted by atomic mass is 10.2. The van der Waals surface area contributed by atoms with Crippen molar-refractivity contribution in [2.75, 3.05) is 7.11 Å². The Labute approximate surface area is 139 Å². The molecule has 0 amide bonds. The number of benzene rings is 1. The molecule has 25 heavy (non-hydrogen) atoms. The van der Waals surface area contributed by atoms with Gasteiger partial charge in [0.15, 0.2) is 0 Å². The van der Waals surface area contributed by atoms with Crippen molar-refractivity contribution in [2.24, 2.45) is 0 Å². The first kappa shape index (κ1) is 16.7. The Bertz CT molecular complexity index is 947. The molecule has 9 heteroatoms. The van der Waals surface area contributed by atoms with Crippen LogP contribution in [0.25, 0.3) is 11.4 Å². The van der Waals surface area contributed by atoms with E-state index in [2.05, 4.69) is 10.1 Å². The molecule has 0 bridgehead atoms. The Morgan fingerprint density at radius 3 is 2.68 bits per heavy atom. The van der Waals surface area contributed by atoms with Gasteiger partial charge < -0.3 is 13.8 Å². The molecule has 130 valence electrons. The number of pyridine rings is 1. The van der Waals surface area contributed by atoms with E-state index < -0.39 is 17.3 Å². The number of halogens is 3. The molecule has 3 rings (SSSR count). The molecule has 0 N–H and O–H groups in total. The number of aromatic nitrogens is 3. The van der Waals surface area contributed by atoms with Gasteiger partial charge in [0.25, 0.3) is 5.56 Å². The van der Waals surface area contributed by atoms with Gasteiger partial charge in [-0.2, -0.15) is 18.2 Å². The van der Waals surface area contributed by atoms with Crippen LogP contribution in [0.3, 0.4) is 0 Å². The normalized spacial score (nSPS) is 11.5. The SMILES string of the molecule is COc1ccccc1-c1noc(Cn2cc(C(F)(F)F)ccc2=O)n1. The van der Waals surface area contributed by atoms with Crippen LogP contribution >= 0.6 is 0 Å². The zero-order chi connectivity index (χ0) is 18.0. The molecule has 2 heterocycles. The smallest absolute Gasteiger partial charge is 0.417 e. The number of rotatable bonds is 4. The fourth-order valence-corrected chi connectivity index (χ4v) is 2.23. The Balaban J connectivity index is 1.91. The van der Waals surface area contributed by atoms with Crippen LogP contribution in [0.2, 0.25) is 0 Å². The Kier molecular flexibility index (Phi) is 4.30. The summed E-state index contributed by atoms with van der Waals surface area (Å²) in [5, 5.41) is 3.79. The van der Waals surface area contributed by atoms with Gasteiger partial charge in [-0.25, -0.2) is 0 Å². The second-order valence-electron chi connectivity index (χ2n) is 5.09. The van der Waals surface area contributed by atoms with Gasteiger partial charge in [0.2, 0.25) is 11.7 Å². The van der Waals surface area contributed by atoms with E-state index in [9.17, 15) is 18.0 Å². The fraction of sp³-hybridized carbons (Fsp3) is 0.188. The van der Waals surface area contributed by atoms with Gasteiger partial charge in [-0.3, -0.25) is 4.79 Å². The molecule has 0 fully saturated rings. The van der Waals surface area contributed by atoms with Crippen LogP contribution in [0.15, 0.2) is 51.9 Å². The highest BCUT2D eigenvalue weighted by atomic mass is 19.4. The van der Waals surface area contributed by atoms with Gasteiger partial charge in [-0.15, -0.1) is 0 Å². The molecular weight excluding hydrogens is 339 g/mol. The second-order valence-corrected chi connectivity index (χ2v) is 5.09. The molecule has 0 aliphatic heterocycles. The van der Waals surface area contributed by atoms with Gasteiger partial charge >= 0.3 is 6.18 Å². The van der Waals surface area contributed by atoms with Crippen molar-refractivity contribution >= 4 is 0 Å². The van der Waals surface area contributed by atoms with Crippen LogP contribution in [0.1, 0.15) is 11.5 Å². The molecule has 0 radical (unpaired) electrons. The molecule has 0 spiro atoms. The summed E-state index contributed by atoms with van der Waals surface area (Å²) in [6.45, 7) is -0.273. The Morgan fingerprint density at radius 2 is 1.96 bits per heavy atom. The summed E-state index contributed by atoms with van der Waals surface area (Å²) >= 11 is 0. The Hall–Kier alpha value is -3.10. The standard InChI is InChI=1S/C16H12F3N3O3/c1-24-12-5-3-2-4-11(12)15-20-13(25-21-15)9-22-8-10(16(17,18)19)6-7-14(22)23/h2-8H,9H2,1H3. The van der Waals surface area contributed by atoms with Crippen LogP contribution < -0.4 is 10.3 Å². The summed E-state index contributed by atoms with van der Waals surface area (Å²) in [4.78, 5) is 15.9. The minimum absolute atomic E-state index is 0.00216. The maximum Gasteiger partial charge on any atom is 0.417 e. The van der Waals surface area contributed by atoms with Crippen LogP contribution in [-0.2, 0) is 12.7 Å². The van der Waals surface area contributed by atoms with Crippen molar-refractivity contribution < 1.29 is 22.4 Å². The number of nitrogens with zero attached hydrogens (tertiary/aromatic N) is 3. The third-order valence-electron chi connectivity index (χ3n) is 3.43. The number of hydrogen-bond acceptors (Lipinski definition) is 5. The van der Waals surface area contributed by atoms with E-state index in [4.69, 9.17) is 9.26 Å². The van der Waals surface area contributed by atoms with Gasteiger partial charge in [0, 0.05) is 12.3 Å². The van der Waals surface area contributed by atoms with Crippen LogP contribution in [0.4, 0.5) is 13.2 Å². The molecule has 0 saturated carbocycles. The lowest BCUT2D eigenvalue weighted by molar-refractivity contribution is -0.138. The number of para-hydroxylation sites is 1. The number of methoxy groups -OCH3 is 1. The van der Waals surface area contributed by atoms with E-state index in [0.29, 0.717) is 11.3 Å². The highest BCUT2D eigenvalue weighted by Gasteiger charge is 2.31. The monoisotopic (exact) mass is 351 g/mol. The Morgan fingerprint density at radius 1 is 1.20 bits per heavy atom. The minimum Gasteiger partial charge on any atom is -0.496 e. The molecule has 0 unspecified atom stereocenters. The molecule has 1 aromatic carbocycles. The molecule has 0 aliphatic carbocycles. The largest absolute Gasteiger partial charge is 0.496 e. The topological polar surface area (TPSA) is 70.2 Å². The summed E-state index contributed by atoms with van der Waals surface area (Å²) in [6, 6.07) is 8.52. The predicted octanol–water partition coefficient (Wildman–Crippen LogP) is 2.97. The summed E-state index contributed by atoms with van der Waals surface area (Å²) in [6.07, 6.45) is -3.83. The predicted molar refractivity (Wildman–Crippen MR) is 81.1 cm³/mol. The summed E-state index contributed by atoms with van der Waals surface area (Å²) in [5.41, 5.74) is -0.974. The van der Waals surface area contributed by atoms with Crippen LogP contribution in [0.5, 0.6) is 5.75 Å². The summed E-state index contributed by atoms with van der Waals surface area (Å²) in [7, 11) is 1.49. The molecular formula is C16H12F3N3O3. The molecule has 6 nitrogen and oxygen atoms in total. The lowest BCUT2D eigenvalue weighted by Gasteiger charge is -2.08. The third kappa shape index (κ3) is 3.54. The average molecular weight is 351 g/mol. The first-order valence-corrected chi connectivity index (χ1v) is 7.12. The number of hydrogen-bond donors (Lipinski definition) is 0. The summed E-state index contributed by atoms with van der Waals surface area (Å²) < 4.78 is 49.4. The molecule has 2 aromatic heterocycles. The van der Waals surface area contributed by atoms with Crippen LogP contribution in [-0.4, -0.2) is 21.8 Å². The quantitative estimate of drug-likeness (QED) is 0.723. The van der Waals surface area contributed by atoms with E-state index in [0.717, 1.165) is 22.9 Å². The van der Waals surface area contributed by atoms with Gasteiger partial charge in [-0.05, 0) is 18.2 Å². The van der Waals surface area contributed by atoms with E-state index in [1.54, 1.807) is 24.3 Å². The van der Waals surface area contributed by atoms with E-state index in [-0.39, 0.29) is 18.3 Å². The second kappa shape index (κ2) is 6.42. The molecule has 0 atom stereocenters. The zero-order valence-corrected chi connectivity index (χ0v) is 12.9. The summed E-state index contributed by atoms with van der Waals surface area (Å²) in [5.74, 6) is 0.737. The van der Waals surface area contributed by atoms with Crippen molar-refractivity contribution in [3.8, 4) is 17.1 Å². The van der Waals surface area contributed by atoms with E-state index in [1.807, 2.05) is 0 Å². The van der Waals surface area contributed by atoms with Crippen molar-refractivity contribution in [1.82, 2.24) is 14.7 Å². The lowest BCUT2D eigenvalue weighted by Crippen LogP contribution is -2.22. The average Bonchev–Trinajstić information content (AvgIpc) is 3.04. The molecule has 0 saturated heterocycles.